The Balaban J connectivity index is 2.12. The average molecular weight is 269 g/mol. The second kappa shape index (κ2) is 6.19. The molecule has 1 N–H and O–H groups in total. The van der Waals surface area contributed by atoms with Crippen molar-refractivity contribution in [1.29, 1.82) is 0 Å². The number of carbonyl (C=O) groups is 1. The van der Waals surface area contributed by atoms with Crippen molar-refractivity contribution in [1.82, 2.24) is 10.3 Å². The van der Waals surface area contributed by atoms with E-state index in [0.717, 1.165) is 5.56 Å². The lowest BCUT2D eigenvalue weighted by Crippen LogP contribution is -2.26. The van der Waals surface area contributed by atoms with Gasteiger partial charge in [-0.15, -0.1) is 0 Å². The number of carbonyl (C=O) groups excluding carboxylic acids is 1. The molecule has 0 saturated carbocycles. The maximum atomic E-state index is 12.3. The molecule has 1 aromatic carbocycles. The molecule has 0 unspecified atom stereocenters. The van der Waals surface area contributed by atoms with E-state index in [1.165, 1.54) is 5.56 Å². The fourth-order valence-electron chi connectivity index (χ4n) is 2.01. The number of anilines is 1. The Bertz CT molecular complexity index is 608. The smallest absolute Gasteiger partial charge is 0.255 e. The zero-order valence-corrected chi connectivity index (χ0v) is 12.1. The molecule has 2 aromatic rings. The molecule has 0 bridgehead atoms. The van der Waals surface area contributed by atoms with Crippen LogP contribution in [0.15, 0.2) is 42.6 Å². The van der Waals surface area contributed by atoms with Crippen molar-refractivity contribution in [2.24, 2.45) is 0 Å². The topological polar surface area (TPSA) is 45.2 Å². The Morgan fingerprint density at radius 1 is 1.20 bits per heavy atom. The van der Waals surface area contributed by atoms with E-state index >= 15 is 0 Å². The van der Waals surface area contributed by atoms with Crippen LogP contribution in [-0.2, 0) is 6.54 Å². The van der Waals surface area contributed by atoms with E-state index in [4.69, 9.17) is 0 Å². The van der Waals surface area contributed by atoms with E-state index in [1.807, 2.05) is 50.2 Å². The number of amides is 1. The van der Waals surface area contributed by atoms with Crippen molar-refractivity contribution >= 4 is 11.7 Å². The lowest BCUT2D eigenvalue weighted by Gasteiger charge is -2.15. The fourth-order valence-corrected chi connectivity index (χ4v) is 2.01. The highest BCUT2D eigenvalue weighted by atomic mass is 16.1. The van der Waals surface area contributed by atoms with Gasteiger partial charge in [-0.3, -0.25) is 4.79 Å². The Morgan fingerprint density at radius 2 is 1.95 bits per heavy atom. The van der Waals surface area contributed by atoms with Gasteiger partial charge in [-0.2, -0.15) is 0 Å². The normalized spacial score (nSPS) is 10.2. The molecule has 0 radical (unpaired) electrons. The van der Waals surface area contributed by atoms with Gasteiger partial charge in [-0.1, -0.05) is 24.3 Å². The van der Waals surface area contributed by atoms with Gasteiger partial charge in [0.15, 0.2) is 0 Å². The van der Waals surface area contributed by atoms with Gasteiger partial charge in [0.25, 0.3) is 5.91 Å². The van der Waals surface area contributed by atoms with Crippen molar-refractivity contribution in [2.45, 2.75) is 13.5 Å². The Labute approximate surface area is 119 Å². The molecular formula is C16H19N3O. The van der Waals surface area contributed by atoms with Gasteiger partial charge in [0, 0.05) is 26.8 Å². The van der Waals surface area contributed by atoms with Crippen molar-refractivity contribution in [3.05, 3.63) is 59.3 Å². The van der Waals surface area contributed by atoms with Crippen LogP contribution in [0.25, 0.3) is 0 Å². The molecule has 4 nitrogen and oxygen atoms in total. The quantitative estimate of drug-likeness (QED) is 0.927. The van der Waals surface area contributed by atoms with Gasteiger partial charge < -0.3 is 10.2 Å². The maximum Gasteiger partial charge on any atom is 0.255 e. The maximum absolute atomic E-state index is 12.3. The van der Waals surface area contributed by atoms with Gasteiger partial charge in [-0.25, -0.2) is 4.98 Å². The van der Waals surface area contributed by atoms with Gasteiger partial charge in [0.1, 0.15) is 5.82 Å². The molecule has 0 fully saturated rings. The summed E-state index contributed by atoms with van der Waals surface area (Å²) in [6.45, 7) is 2.56. The molecular weight excluding hydrogens is 250 g/mol. The zero-order valence-electron chi connectivity index (χ0n) is 12.1. The van der Waals surface area contributed by atoms with E-state index in [0.29, 0.717) is 17.9 Å². The minimum absolute atomic E-state index is 0.106. The first-order chi connectivity index (χ1) is 9.59. The molecule has 0 saturated heterocycles. The highest BCUT2D eigenvalue weighted by Gasteiger charge is 2.13. The molecule has 1 amide bonds. The molecule has 0 aliphatic carbocycles. The number of rotatable bonds is 4. The summed E-state index contributed by atoms with van der Waals surface area (Å²) in [5.41, 5.74) is 2.88. The molecule has 0 atom stereocenters. The van der Waals surface area contributed by atoms with E-state index in [2.05, 4.69) is 10.3 Å². The number of nitrogens with one attached hydrogen (secondary N) is 1. The van der Waals surface area contributed by atoms with E-state index in [1.54, 1.807) is 18.3 Å². The molecule has 1 heterocycles. The number of hydrogen-bond donors (Lipinski definition) is 1. The minimum Gasteiger partial charge on any atom is -0.362 e. The number of nitrogens with zero attached hydrogens (tertiary/aromatic N) is 2. The number of hydrogen-bond acceptors (Lipinski definition) is 3. The van der Waals surface area contributed by atoms with Crippen LogP contribution in [0.4, 0.5) is 5.82 Å². The Hall–Kier alpha value is -2.36. The van der Waals surface area contributed by atoms with Crippen LogP contribution in [0.5, 0.6) is 0 Å². The number of aryl methyl sites for hydroxylation is 1. The van der Waals surface area contributed by atoms with Crippen molar-refractivity contribution < 1.29 is 4.79 Å². The van der Waals surface area contributed by atoms with Crippen LogP contribution in [-0.4, -0.2) is 25.0 Å². The summed E-state index contributed by atoms with van der Waals surface area (Å²) in [6.07, 6.45) is 1.69. The van der Waals surface area contributed by atoms with Gasteiger partial charge in [-0.05, 0) is 30.2 Å². The molecule has 4 heteroatoms. The first-order valence-electron chi connectivity index (χ1n) is 6.54. The molecule has 0 aliphatic rings. The molecule has 2 rings (SSSR count). The monoisotopic (exact) mass is 269 g/mol. The summed E-state index contributed by atoms with van der Waals surface area (Å²) < 4.78 is 0. The highest BCUT2D eigenvalue weighted by molar-refractivity contribution is 5.98. The van der Waals surface area contributed by atoms with Gasteiger partial charge in [0.05, 0.1) is 5.56 Å². The average Bonchev–Trinajstić information content (AvgIpc) is 2.46. The summed E-state index contributed by atoms with van der Waals surface area (Å²) in [5.74, 6) is 0.569. The first-order valence-corrected chi connectivity index (χ1v) is 6.54. The SMILES string of the molecule is Cc1ccccc1CNC(=O)c1cccnc1N(C)C. The predicted molar refractivity (Wildman–Crippen MR) is 80.9 cm³/mol. The molecule has 104 valence electrons. The van der Waals surface area contributed by atoms with Crippen LogP contribution >= 0.6 is 0 Å². The van der Waals surface area contributed by atoms with E-state index in [-0.39, 0.29) is 5.91 Å². The second-order valence-electron chi connectivity index (χ2n) is 4.88. The molecule has 1 aromatic heterocycles. The highest BCUT2D eigenvalue weighted by Crippen LogP contribution is 2.14. The third kappa shape index (κ3) is 3.15. The van der Waals surface area contributed by atoms with Crippen LogP contribution in [0, 0.1) is 6.92 Å². The van der Waals surface area contributed by atoms with E-state index < -0.39 is 0 Å². The van der Waals surface area contributed by atoms with Gasteiger partial charge >= 0.3 is 0 Å². The third-order valence-electron chi connectivity index (χ3n) is 3.16. The molecule has 20 heavy (non-hydrogen) atoms. The van der Waals surface area contributed by atoms with Crippen LogP contribution in [0.2, 0.25) is 0 Å². The lowest BCUT2D eigenvalue weighted by atomic mass is 10.1. The number of aromatic nitrogens is 1. The first kappa shape index (κ1) is 14.1. The lowest BCUT2D eigenvalue weighted by molar-refractivity contribution is 0.0951. The molecule has 0 spiro atoms. The zero-order chi connectivity index (χ0) is 14.5. The Kier molecular flexibility index (Phi) is 4.35. The largest absolute Gasteiger partial charge is 0.362 e. The predicted octanol–water partition coefficient (Wildman–Crippen LogP) is 2.39. The second-order valence-corrected chi connectivity index (χ2v) is 4.88. The van der Waals surface area contributed by atoms with Gasteiger partial charge in [0.2, 0.25) is 0 Å². The molecule has 0 aliphatic heterocycles. The Morgan fingerprint density at radius 3 is 2.65 bits per heavy atom. The number of benzene rings is 1. The summed E-state index contributed by atoms with van der Waals surface area (Å²) in [7, 11) is 3.75. The fraction of sp³-hybridized carbons (Fsp3) is 0.250. The number of pyridine rings is 1. The summed E-state index contributed by atoms with van der Waals surface area (Å²) in [4.78, 5) is 18.3. The van der Waals surface area contributed by atoms with Crippen molar-refractivity contribution in [3.63, 3.8) is 0 Å². The van der Waals surface area contributed by atoms with Crippen molar-refractivity contribution in [3.8, 4) is 0 Å². The standard InChI is InChI=1S/C16H19N3O/c1-12-7-4-5-8-13(12)11-18-16(20)14-9-6-10-17-15(14)19(2)3/h4-10H,11H2,1-3H3,(H,18,20). The van der Waals surface area contributed by atoms with Crippen molar-refractivity contribution in [2.75, 3.05) is 19.0 Å². The summed E-state index contributed by atoms with van der Waals surface area (Å²) in [6, 6.07) is 11.6. The third-order valence-corrected chi connectivity index (χ3v) is 3.16. The summed E-state index contributed by atoms with van der Waals surface area (Å²) in [5, 5.41) is 2.95. The van der Waals surface area contributed by atoms with Crippen LogP contribution < -0.4 is 10.2 Å². The van der Waals surface area contributed by atoms with Crippen LogP contribution in [0.1, 0.15) is 21.5 Å². The van der Waals surface area contributed by atoms with E-state index in [9.17, 15) is 4.79 Å². The summed E-state index contributed by atoms with van der Waals surface area (Å²) >= 11 is 0. The minimum atomic E-state index is -0.106. The van der Waals surface area contributed by atoms with Crippen LogP contribution in [0.3, 0.4) is 0 Å².